The summed E-state index contributed by atoms with van der Waals surface area (Å²) in [7, 11) is -3.64. The first-order valence-electron chi connectivity index (χ1n) is 6.95. The summed E-state index contributed by atoms with van der Waals surface area (Å²) in [5, 5.41) is 0. The Balaban J connectivity index is 2.36. The summed E-state index contributed by atoms with van der Waals surface area (Å²) >= 11 is 4.76. The number of sulfonamides is 1. The minimum absolute atomic E-state index is 0.0334. The van der Waals surface area contributed by atoms with Gasteiger partial charge in [0.25, 0.3) is 0 Å². The lowest BCUT2D eigenvalue weighted by atomic mass is 10.2. The monoisotopic (exact) mass is 330 g/mol. The zero-order valence-corrected chi connectivity index (χ0v) is 13.5. The average molecular weight is 330 g/mol. The van der Waals surface area contributed by atoms with Gasteiger partial charge in [0.1, 0.15) is 10.8 Å². The van der Waals surface area contributed by atoms with Gasteiger partial charge in [-0.1, -0.05) is 19.1 Å². The van der Waals surface area contributed by atoms with Crippen molar-refractivity contribution in [1.82, 2.24) is 4.31 Å². The molecule has 1 aromatic carbocycles. The lowest BCUT2D eigenvalue weighted by Gasteiger charge is -2.22. The van der Waals surface area contributed by atoms with Gasteiger partial charge >= 0.3 is 0 Å². The fourth-order valence-corrected chi connectivity index (χ4v) is 3.94. The van der Waals surface area contributed by atoms with Gasteiger partial charge < -0.3 is 5.73 Å². The van der Waals surface area contributed by atoms with E-state index in [1.807, 2.05) is 6.92 Å². The van der Waals surface area contributed by atoms with Crippen LogP contribution in [0.1, 0.15) is 31.7 Å². The molecule has 2 rings (SSSR count). The largest absolute Gasteiger partial charge is 0.389 e. The molecule has 0 atom stereocenters. The molecule has 1 fully saturated rings. The molecule has 4 nitrogen and oxygen atoms in total. The summed E-state index contributed by atoms with van der Waals surface area (Å²) < 4.78 is 40.5. The molecule has 0 aromatic heterocycles. The number of hydrogen-bond acceptors (Lipinski definition) is 3. The number of halogens is 1. The molecule has 0 saturated heterocycles. The maximum Gasteiger partial charge on any atom is 0.243 e. The van der Waals surface area contributed by atoms with Crippen LogP contribution >= 0.6 is 12.2 Å². The molecule has 0 unspecified atom stereocenters. The van der Waals surface area contributed by atoms with Crippen LogP contribution in [0.15, 0.2) is 23.1 Å². The smallest absolute Gasteiger partial charge is 0.243 e. The molecule has 21 heavy (non-hydrogen) atoms. The standard InChI is InChI=1S/C14H19FN2O2S2/c1-2-7-17(9-10-3-4-10)21(18,19)11-5-6-13(15)12(8-11)14(16)20/h5-6,8,10H,2-4,7,9H2,1H3,(H2,16,20). The fourth-order valence-electron chi connectivity index (χ4n) is 2.15. The predicted octanol–water partition coefficient (Wildman–Crippen LogP) is 2.27. The van der Waals surface area contributed by atoms with E-state index in [4.69, 9.17) is 18.0 Å². The van der Waals surface area contributed by atoms with Crippen molar-refractivity contribution in [2.75, 3.05) is 13.1 Å². The van der Waals surface area contributed by atoms with Crippen molar-refractivity contribution < 1.29 is 12.8 Å². The number of hydrogen-bond donors (Lipinski definition) is 1. The van der Waals surface area contributed by atoms with Crippen LogP contribution in [0.25, 0.3) is 0 Å². The highest BCUT2D eigenvalue weighted by atomic mass is 32.2. The Morgan fingerprint density at radius 2 is 2.14 bits per heavy atom. The molecule has 1 aliphatic rings. The molecular formula is C14H19FN2O2S2. The normalized spacial score (nSPS) is 15.4. The molecule has 1 aromatic rings. The first-order chi connectivity index (χ1) is 9.86. The Hall–Kier alpha value is -1.05. The highest BCUT2D eigenvalue weighted by Crippen LogP contribution is 2.32. The van der Waals surface area contributed by atoms with Crippen LogP contribution in [0, 0.1) is 11.7 Å². The summed E-state index contributed by atoms with van der Waals surface area (Å²) in [6.45, 7) is 2.91. The van der Waals surface area contributed by atoms with Gasteiger partial charge in [-0.25, -0.2) is 12.8 Å². The van der Waals surface area contributed by atoms with Crippen LogP contribution in [0.4, 0.5) is 4.39 Å². The molecule has 116 valence electrons. The molecule has 0 aliphatic heterocycles. The van der Waals surface area contributed by atoms with Crippen molar-refractivity contribution >= 4 is 27.2 Å². The molecule has 0 bridgehead atoms. The first-order valence-corrected chi connectivity index (χ1v) is 8.80. The van der Waals surface area contributed by atoms with Crippen molar-refractivity contribution in [2.45, 2.75) is 31.1 Å². The molecule has 0 spiro atoms. The second-order valence-corrected chi connectivity index (χ2v) is 7.69. The minimum atomic E-state index is -3.64. The quantitative estimate of drug-likeness (QED) is 0.779. The predicted molar refractivity (Wildman–Crippen MR) is 84.1 cm³/mol. The maximum absolute atomic E-state index is 13.6. The van der Waals surface area contributed by atoms with Gasteiger partial charge in [0.05, 0.1) is 4.90 Å². The number of nitrogens with zero attached hydrogens (tertiary/aromatic N) is 1. The van der Waals surface area contributed by atoms with Crippen molar-refractivity contribution in [1.29, 1.82) is 0 Å². The Morgan fingerprint density at radius 3 is 2.67 bits per heavy atom. The summed E-state index contributed by atoms with van der Waals surface area (Å²) in [6.07, 6.45) is 2.86. The second-order valence-electron chi connectivity index (χ2n) is 5.31. The van der Waals surface area contributed by atoms with Crippen LogP contribution < -0.4 is 5.73 Å². The molecule has 0 amide bonds. The van der Waals surface area contributed by atoms with Gasteiger partial charge in [-0.15, -0.1) is 0 Å². The van der Waals surface area contributed by atoms with Gasteiger partial charge in [0.2, 0.25) is 10.0 Å². The topological polar surface area (TPSA) is 63.4 Å². The highest BCUT2D eigenvalue weighted by molar-refractivity contribution is 7.89. The van der Waals surface area contributed by atoms with E-state index in [0.717, 1.165) is 25.3 Å². The SMILES string of the molecule is CCCN(CC1CC1)S(=O)(=O)c1ccc(F)c(C(N)=S)c1. The number of rotatable bonds is 7. The summed E-state index contributed by atoms with van der Waals surface area (Å²) in [5.41, 5.74) is 5.40. The molecule has 7 heteroatoms. The Morgan fingerprint density at radius 1 is 1.48 bits per heavy atom. The van der Waals surface area contributed by atoms with Gasteiger partial charge in [-0.2, -0.15) is 4.31 Å². The Kier molecular flexibility index (Phi) is 4.95. The van der Waals surface area contributed by atoms with Crippen molar-refractivity contribution in [3.8, 4) is 0 Å². The van der Waals surface area contributed by atoms with Crippen molar-refractivity contribution in [3.05, 3.63) is 29.6 Å². The minimum Gasteiger partial charge on any atom is -0.389 e. The van der Waals surface area contributed by atoms with Crippen LogP contribution in [0.5, 0.6) is 0 Å². The van der Waals surface area contributed by atoms with Crippen LogP contribution in [0.3, 0.4) is 0 Å². The average Bonchev–Trinajstić information content (AvgIpc) is 3.22. The zero-order valence-electron chi connectivity index (χ0n) is 11.9. The maximum atomic E-state index is 13.6. The summed E-state index contributed by atoms with van der Waals surface area (Å²) in [5.74, 6) is -0.160. The van der Waals surface area contributed by atoms with Crippen LogP contribution in [0.2, 0.25) is 0 Å². The third-order valence-corrected chi connectivity index (χ3v) is 5.55. The van der Waals surface area contributed by atoms with Crippen LogP contribution in [-0.2, 0) is 10.0 Å². The molecule has 0 heterocycles. The van der Waals surface area contributed by atoms with E-state index in [9.17, 15) is 12.8 Å². The lowest BCUT2D eigenvalue weighted by Crippen LogP contribution is -2.34. The fraction of sp³-hybridized carbons (Fsp3) is 0.500. The van der Waals surface area contributed by atoms with E-state index in [1.54, 1.807) is 0 Å². The van der Waals surface area contributed by atoms with E-state index in [1.165, 1.54) is 16.4 Å². The number of benzene rings is 1. The zero-order chi connectivity index (χ0) is 15.6. The highest BCUT2D eigenvalue weighted by Gasteiger charge is 2.31. The molecular weight excluding hydrogens is 311 g/mol. The molecule has 0 radical (unpaired) electrons. The summed E-state index contributed by atoms with van der Waals surface area (Å²) in [6, 6.07) is 3.59. The molecule has 1 saturated carbocycles. The van der Waals surface area contributed by atoms with Crippen molar-refractivity contribution in [3.63, 3.8) is 0 Å². The van der Waals surface area contributed by atoms with Crippen molar-refractivity contribution in [2.24, 2.45) is 11.7 Å². The van der Waals surface area contributed by atoms with Gasteiger partial charge in [-0.05, 0) is 43.4 Å². The number of nitrogens with two attached hydrogens (primary N) is 1. The third kappa shape index (κ3) is 3.78. The van der Waals surface area contributed by atoms with Crippen LogP contribution in [-0.4, -0.2) is 30.8 Å². The van der Waals surface area contributed by atoms with E-state index in [2.05, 4.69) is 0 Å². The van der Waals surface area contributed by atoms with Gasteiger partial charge in [0, 0.05) is 18.7 Å². The van der Waals surface area contributed by atoms with E-state index in [0.29, 0.717) is 19.0 Å². The first kappa shape index (κ1) is 16.3. The van der Waals surface area contributed by atoms with E-state index in [-0.39, 0.29) is 15.4 Å². The number of thiocarbonyl (C=S) groups is 1. The Bertz CT molecular complexity index is 642. The third-order valence-electron chi connectivity index (χ3n) is 3.47. The molecule has 2 N–H and O–H groups in total. The second kappa shape index (κ2) is 6.37. The van der Waals surface area contributed by atoms with E-state index >= 15 is 0 Å². The Labute approximate surface area is 130 Å². The van der Waals surface area contributed by atoms with Gasteiger partial charge in [-0.3, -0.25) is 0 Å². The van der Waals surface area contributed by atoms with E-state index < -0.39 is 15.8 Å². The molecule has 1 aliphatic carbocycles. The van der Waals surface area contributed by atoms with Gasteiger partial charge in [0.15, 0.2) is 0 Å². The summed E-state index contributed by atoms with van der Waals surface area (Å²) in [4.78, 5) is -0.102. The lowest BCUT2D eigenvalue weighted by molar-refractivity contribution is 0.395.